The minimum absolute atomic E-state index is 0.0893. The van der Waals surface area contributed by atoms with Gasteiger partial charge in [0.25, 0.3) is 0 Å². The van der Waals surface area contributed by atoms with E-state index < -0.39 is 0 Å². The van der Waals surface area contributed by atoms with E-state index in [0.717, 1.165) is 18.8 Å². The van der Waals surface area contributed by atoms with Gasteiger partial charge in [0.2, 0.25) is 11.8 Å². The van der Waals surface area contributed by atoms with E-state index in [9.17, 15) is 14.4 Å². The molecule has 0 radical (unpaired) electrons. The number of ketones is 1. The van der Waals surface area contributed by atoms with E-state index in [-0.39, 0.29) is 24.1 Å². The zero-order chi connectivity index (χ0) is 20.8. The maximum atomic E-state index is 12.5. The molecular formula is C23H27N3O3. The summed E-state index contributed by atoms with van der Waals surface area (Å²) in [5.41, 5.74) is 2.88. The molecule has 1 N–H and O–H groups in total. The molecule has 0 spiro atoms. The molecule has 1 aliphatic heterocycles. The molecule has 6 nitrogen and oxygen atoms in total. The summed E-state index contributed by atoms with van der Waals surface area (Å²) in [6.45, 7) is 4.89. The van der Waals surface area contributed by atoms with Crippen LogP contribution in [0.3, 0.4) is 0 Å². The standard InChI is InChI=1S/C23H27N3O3/c1-17(27)19-7-6-8-22(15-19)26(18(2)28)16-23(29)24-20-9-11-21(12-10-20)25-13-4-3-5-14-25/h6-12,15H,3-5,13-14,16H2,1-2H3,(H,24,29). The number of hydrogen-bond acceptors (Lipinski definition) is 4. The molecule has 6 heteroatoms. The molecule has 1 fully saturated rings. The number of carbonyl (C=O) groups excluding carboxylic acids is 3. The van der Waals surface area contributed by atoms with Gasteiger partial charge >= 0.3 is 0 Å². The van der Waals surface area contributed by atoms with Gasteiger partial charge in [-0.25, -0.2) is 0 Å². The van der Waals surface area contributed by atoms with Crippen molar-refractivity contribution in [2.24, 2.45) is 0 Å². The van der Waals surface area contributed by atoms with E-state index in [1.165, 1.54) is 38.0 Å². The number of piperidine rings is 1. The van der Waals surface area contributed by atoms with Crippen LogP contribution < -0.4 is 15.1 Å². The van der Waals surface area contributed by atoms with Crippen LogP contribution in [0.25, 0.3) is 0 Å². The predicted octanol–water partition coefficient (Wildman–Crippen LogP) is 3.87. The molecule has 152 valence electrons. The number of nitrogens with zero attached hydrogens (tertiary/aromatic N) is 2. The van der Waals surface area contributed by atoms with Gasteiger partial charge in [-0.15, -0.1) is 0 Å². The first kappa shape index (κ1) is 20.6. The Balaban J connectivity index is 1.65. The molecule has 2 amide bonds. The lowest BCUT2D eigenvalue weighted by Gasteiger charge is -2.28. The van der Waals surface area contributed by atoms with Gasteiger partial charge in [-0.3, -0.25) is 14.4 Å². The van der Waals surface area contributed by atoms with Crippen molar-refractivity contribution in [3.63, 3.8) is 0 Å². The van der Waals surface area contributed by atoms with Crippen LogP contribution in [0, 0.1) is 0 Å². The van der Waals surface area contributed by atoms with Crippen LogP contribution in [0.1, 0.15) is 43.5 Å². The molecule has 0 atom stereocenters. The number of anilines is 3. The molecule has 2 aromatic rings. The van der Waals surface area contributed by atoms with Crippen LogP contribution in [0.15, 0.2) is 48.5 Å². The minimum Gasteiger partial charge on any atom is -0.372 e. The van der Waals surface area contributed by atoms with Crippen molar-refractivity contribution in [2.45, 2.75) is 33.1 Å². The lowest BCUT2D eigenvalue weighted by atomic mass is 10.1. The number of rotatable bonds is 6. The molecule has 1 saturated heterocycles. The Morgan fingerprint density at radius 1 is 0.966 bits per heavy atom. The van der Waals surface area contributed by atoms with Crippen molar-refractivity contribution in [2.75, 3.05) is 34.8 Å². The zero-order valence-corrected chi connectivity index (χ0v) is 17.0. The van der Waals surface area contributed by atoms with Gasteiger partial charge in [0, 0.05) is 42.6 Å². The highest BCUT2D eigenvalue weighted by atomic mass is 16.2. The lowest BCUT2D eigenvalue weighted by Crippen LogP contribution is -2.36. The Hall–Kier alpha value is -3.15. The fourth-order valence-corrected chi connectivity index (χ4v) is 3.53. The van der Waals surface area contributed by atoms with Crippen molar-refractivity contribution in [3.8, 4) is 0 Å². The van der Waals surface area contributed by atoms with Crippen LogP contribution >= 0.6 is 0 Å². The Kier molecular flexibility index (Phi) is 6.65. The van der Waals surface area contributed by atoms with E-state index in [1.807, 2.05) is 24.3 Å². The van der Waals surface area contributed by atoms with Crippen molar-refractivity contribution >= 4 is 34.7 Å². The Morgan fingerprint density at radius 2 is 1.66 bits per heavy atom. The van der Waals surface area contributed by atoms with Gasteiger partial charge in [-0.05, 0) is 62.6 Å². The van der Waals surface area contributed by atoms with Gasteiger partial charge in [-0.1, -0.05) is 12.1 Å². The first-order chi connectivity index (χ1) is 13.9. The first-order valence-electron chi connectivity index (χ1n) is 9.98. The average Bonchev–Trinajstić information content (AvgIpc) is 2.73. The largest absolute Gasteiger partial charge is 0.372 e. The van der Waals surface area contributed by atoms with E-state index in [0.29, 0.717) is 16.9 Å². The molecule has 0 saturated carbocycles. The summed E-state index contributed by atoms with van der Waals surface area (Å²) in [4.78, 5) is 39.9. The summed E-state index contributed by atoms with van der Waals surface area (Å²) in [6, 6.07) is 14.5. The smallest absolute Gasteiger partial charge is 0.244 e. The van der Waals surface area contributed by atoms with Gasteiger partial charge in [0.15, 0.2) is 5.78 Å². The van der Waals surface area contributed by atoms with Crippen molar-refractivity contribution < 1.29 is 14.4 Å². The molecule has 1 aliphatic rings. The summed E-state index contributed by atoms with van der Waals surface area (Å²) < 4.78 is 0. The van der Waals surface area contributed by atoms with Crippen LogP contribution in [0.2, 0.25) is 0 Å². The summed E-state index contributed by atoms with van der Waals surface area (Å²) in [6.07, 6.45) is 3.71. The number of Topliss-reactive ketones (excluding diaryl/α,β-unsaturated/α-hetero) is 1. The fourth-order valence-electron chi connectivity index (χ4n) is 3.53. The highest BCUT2D eigenvalue weighted by Crippen LogP contribution is 2.22. The molecule has 0 aliphatic carbocycles. The minimum atomic E-state index is -0.292. The van der Waals surface area contributed by atoms with Gasteiger partial charge in [-0.2, -0.15) is 0 Å². The first-order valence-corrected chi connectivity index (χ1v) is 9.98. The van der Waals surface area contributed by atoms with Crippen LogP contribution in [0.4, 0.5) is 17.1 Å². The second-order valence-electron chi connectivity index (χ2n) is 7.35. The molecule has 0 bridgehead atoms. The van der Waals surface area contributed by atoms with Crippen molar-refractivity contribution in [1.29, 1.82) is 0 Å². The summed E-state index contributed by atoms with van der Waals surface area (Å²) in [7, 11) is 0. The Labute approximate surface area is 171 Å². The normalized spacial score (nSPS) is 13.7. The maximum absolute atomic E-state index is 12.5. The number of amides is 2. The fraction of sp³-hybridized carbons (Fsp3) is 0.348. The third-order valence-corrected chi connectivity index (χ3v) is 5.12. The van der Waals surface area contributed by atoms with Gasteiger partial charge < -0.3 is 15.1 Å². The lowest BCUT2D eigenvalue weighted by molar-refractivity contribution is -0.120. The monoisotopic (exact) mass is 393 g/mol. The SMILES string of the molecule is CC(=O)c1cccc(N(CC(=O)Nc2ccc(N3CCCCC3)cc2)C(C)=O)c1. The average molecular weight is 393 g/mol. The number of carbonyl (C=O) groups is 3. The zero-order valence-electron chi connectivity index (χ0n) is 17.0. The molecular weight excluding hydrogens is 366 g/mol. The number of hydrogen-bond donors (Lipinski definition) is 1. The third-order valence-electron chi connectivity index (χ3n) is 5.12. The number of benzene rings is 2. The van der Waals surface area contributed by atoms with E-state index in [4.69, 9.17) is 0 Å². The van der Waals surface area contributed by atoms with Gasteiger partial charge in [0.1, 0.15) is 6.54 Å². The maximum Gasteiger partial charge on any atom is 0.244 e. The molecule has 29 heavy (non-hydrogen) atoms. The number of nitrogens with one attached hydrogen (secondary N) is 1. The van der Waals surface area contributed by atoms with Crippen molar-refractivity contribution in [1.82, 2.24) is 0 Å². The Bertz CT molecular complexity index is 886. The van der Waals surface area contributed by atoms with Crippen molar-refractivity contribution in [3.05, 3.63) is 54.1 Å². The molecule has 1 heterocycles. The predicted molar refractivity (Wildman–Crippen MR) is 116 cm³/mol. The quantitative estimate of drug-likeness (QED) is 0.757. The summed E-state index contributed by atoms with van der Waals surface area (Å²) in [5.74, 6) is -0.644. The second kappa shape index (κ2) is 9.37. The van der Waals surface area contributed by atoms with Crippen LogP contribution in [-0.2, 0) is 9.59 Å². The topological polar surface area (TPSA) is 69.7 Å². The van der Waals surface area contributed by atoms with Crippen LogP contribution in [-0.4, -0.2) is 37.2 Å². The highest BCUT2D eigenvalue weighted by molar-refractivity contribution is 6.03. The summed E-state index contributed by atoms with van der Waals surface area (Å²) >= 11 is 0. The summed E-state index contributed by atoms with van der Waals surface area (Å²) in [5, 5.41) is 2.85. The second-order valence-corrected chi connectivity index (χ2v) is 7.35. The third kappa shape index (κ3) is 5.44. The molecule has 0 unspecified atom stereocenters. The molecule has 3 rings (SSSR count). The highest BCUT2D eigenvalue weighted by Gasteiger charge is 2.17. The molecule has 0 aromatic heterocycles. The van der Waals surface area contributed by atoms with Gasteiger partial charge in [0.05, 0.1) is 0 Å². The van der Waals surface area contributed by atoms with E-state index in [1.54, 1.807) is 24.3 Å². The van der Waals surface area contributed by atoms with E-state index >= 15 is 0 Å². The van der Waals surface area contributed by atoms with Crippen LogP contribution in [0.5, 0.6) is 0 Å². The molecule has 2 aromatic carbocycles. The van der Waals surface area contributed by atoms with E-state index in [2.05, 4.69) is 10.2 Å². The Morgan fingerprint density at radius 3 is 2.28 bits per heavy atom.